The van der Waals surface area contributed by atoms with E-state index < -0.39 is 17.8 Å². The van der Waals surface area contributed by atoms with Crippen LogP contribution in [0.25, 0.3) is 5.65 Å². The van der Waals surface area contributed by atoms with Gasteiger partial charge in [0.2, 0.25) is 0 Å². The standard InChI is InChI=1S/C15H14F3N5/c1-9(11-5-3-4-6-12(11)15(16,17)18)19-13-7-8-14-21-20-10(2)23(14)22-13/h3-9H,1-2H3,(H,19,22). The van der Waals surface area contributed by atoms with Crippen LogP contribution in [0.2, 0.25) is 0 Å². The predicted molar refractivity (Wildman–Crippen MR) is 79.0 cm³/mol. The summed E-state index contributed by atoms with van der Waals surface area (Å²) in [7, 11) is 0. The van der Waals surface area contributed by atoms with Crippen molar-refractivity contribution in [2.75, 3.05) is 5.32 Å². The number of aromatic nitrogens is 4. The molecule has 0 aliphatic heterocycles. The van der Waals surface area contributed by atoms with Crippen molar-refractivity contribution in [2.45, 2.75) is 26.1 Å². The number of nitrogens with zero attached hydrogens (tertiary/aromatic N) is 4. The van der Waals surface area contributed by atoms with Crippen LogP contribution < -0.4 is 5.32 Å². The van der Waals surface area contributed by atoms with Gasteiger partial charge in [0.15, 0.2) is 11.5 Å². The van der Waals surface area contributed by atoms with Crippen LogP contribution in [-0.2, 0) is 6.18 Å². The van der Waals surface area contributed by atoms with Crippen molar-refractivity contribution < 1.29 is 13.2 Å². The van der Waals surface area contributed by atoms with Crippen molar-refractivity contribution in [3.8, 4) is 0 Å². The molecule has 1 atom stereocenters. The fraction of sp³-hybridized carbons (Fsp3) is 0.267. The van der Waals surface area contributed by atoms with Gasteiger partial charge in [-0.05, 0) is 37.6 Å². The highest BCUT2D eigenvalue weighted by Gasteiger charge is 2.34. The average Bonchev–Trinajstić information content (AvgIpc) is 2.87. The van der Waals surface area contributed by atoms with Crippen LogP contribution in [0.5, 0.6) is 0 Å². The lowest BCUT2D eigenvalue weighted by molar-refractivity contribution is -0.138. The van der Waals surface area contributed by atoms with Gasteiger partial charge in [-0.2, -0.15) is 17.7 Å². The van der Waals surface area contributed by atoms with Crippen LogP contribution in [0.3, 0.4) is 0 Å². The largest absolute Gasteiger partial charge is 0.416 e. The third-order valence-corrected chi connectivity index (χ3v) is 3.52. The van der Waals surface area contributed by atoms with Crippen LogP contribution in [0.1, 0.15) is 29.9 Å². The number of anilines is 1. The maximum Gasteiger partial charge on any atom is 0.416 e. The number of hydrogen-bond donors (Lipinski definition) is 1. The van der Waals surface area contributed by atoms with Crippen LogP contribution in [0, 0.1) is 6.92 Å². The number of benzene rings is 1. The molecule has 0 radical (unpaired) electrons. The minimum Gasteiger partial charge on any atom is -0.362 e. The molecule has 0 saturated heterocycles. The molecule has 0 amide bonds. The Bertz CT molecular complexity index is 840. The Kier molecular flexibility index (Phi) is 3.67. The van der Waals surface area contributed by atoms with Gasteiger partial charge in [-0.15, -0.1) is 15.3 Å². The van der Waals surface area contributed by atoms with Crippen molar-refractivity contribution in [3.05, 3.63) is 53.3 Å². The van der Waals surface area contributed by atoms with Crippen LogP contribution >= 0.6 is 0 Å². The van der Waals surface area contributed by atoms with Gasteiger partial charge in [0.1, 0.15) is 5.82 Å². The van der Waals surface area contributed by atoms with Crippen molar-refractivity contribution in [1.29, 1.82) is 0 Å². The molecule has 3 aromatic rings. The molecule has 8 heteroatoms. The van der Waals surface area contributed by atoms with E-state index in [4.69, 9.17) is 0 Å². The van der Waals surface area contributed by atoms with Crippen LogP contribution in [0.15, 0.2) is 36.4 Å². The SMILES string of the molecule is Cc1nnc2ccc(NC(C)c3ccccc3C(F)(F)F)nn12. The van der Waals surface area contributed by atoms with Gasteiger partial charge < -0.3 is 5.32 Å². The first-order valence-electron chi connectivity index (χ1n) is 6.98. The van der Waals surface area contributed by atoms with E-state index in [1.165, 1.54) is 16.6 Å². The number of alkyl halides is 3. The second-order valence-electron chi connectivity index (χ2n) is 5.19. The summed E-state index contributed by atoms with van der Waals surface area (Å²) < 4.78 is 40.8. The fourth-order valence-electron chi connectivity index (χ4n) is 2.41. The summed E-state index contributed by atoms with van der Waals surface area (Å²) >= 11 is 0. The fourth-order valence-corrected chi connectivity index (χ4v) is 2.41. The third kappa shape index (κ3) is 2.96. The monoisotopic (exact) mass is 321 g/mol. The maximum atomic E-state index is 13.1. The Labute approximate surface area is 130 Å². The molecule has 0 bridgehead atoms. The zero-order chi connectivity index (χ0) is 16.6. The molecule has 23 heavy (non-hydrogen) atoms. The molecule has 0 aliphatic carbocycles. The summed E-state index contributed by atoms with van der Waals surface area (Å²) in [5.41, 5.74) is 0.0975. The quantitative estimate of drug-likeness (QED) is 0.800. The van der Waals surface area contributed by atoms with Crippen molar-refractivity contribution in [2.24, 2.45) is 0 Å². The number of fused-ring (bicyclic) bond motifs is 1. The Morgan fingerprint density at radius 3 is 2.57 bits per heavy atom. The second-order valence-corrected chi connectivity index (χ2v) is 5.19. The lowest BCUT2D eigenvalue weighted by Gasteiger charge is -2.19. The minimum absolute atomic E-state index is 0.169. The summed E-state index contributed by atoms with van der Waals surface area (Å²) in [6, 6.07) is 8.31. The first kappa shape index (κ1) is 15.3. The predicted octanol–water partition coefficient (Wildman–Crippen LogP) is 3.62. The zero-order valence-corrected chi connectivity index (χ0v) is 12.5. The van der Waals surface area contributed by atoms with E-state index in [9.17, 15) is 13.2 Å². The Balaban J connectivity index is 1.92. The number of halogens is 3. The number of rotatable bonds is 3. The Morgan fingerprint density at radius 2 is 1.83 bits per heavy atom. The molecular formula is C15H14F3N5. The van der Waals surface area contributed by atoms with Crippen LogP contribution in [0.4, 0.5) is 19.0 Å². The molecule has 1 N–H and O–H groups in total. The van der Waals surface area contributed by atoms with Crippen molar-refractivity contribution in [3.63, 3.8) is 0 Å². The first-order chi connectivity index (χ1) is 10.9. The Hall–Kier alpha value is -2.64. The van der Waals surface area contributed by atoms with E-state index in [0.717, 1.165) is 6.07 Å². The van der Waals surface area contributed by atoms with Gasteiger partial charge in [-0.25, -0.2) is 0 Å². The van der Waals surface area contributed by atoms with Crippen LogP contribution in [-0.4, -0.2) is 19.8 Å². The van der Waals surface area contributed by atoms with Gasteiger partial charge in [0, 0.05) is 0 Å². The van der Waals surface area contributed by atoms with E-state index in [1.807, 2.05) is 0 Å². The molecule has 2 aromatic heterocycles. The summed E-state index contributed by atoms with van der Waals surface area (Å²) in [4.78, 5) is 0. The highest BCUT2D eigenvalue weighted by Crippen LogP contribution is 2.35. The van der Waals surface area contributed by atoms with E-state index in [0.29, 0.717) is 17.3 Å². The molecule has 120 valence electrons. The van der Waals surface area contributed by atoms with Gasteiger partial charge in [0.05, 0.1) is 11.6 Å². The molecule has 1 aromatic carbocycles. The molecule has 1 unspecified atom stereocenters. The summed E-state index contributed by atoms with van der Waals surface area (Å²) in [6.07, 6.45) is -4.39. The molecule has 0 aliphatic rings. The molecular weight excluding hydrogens is 307 g/mol. The molecule has 0 spiro atoms. The number of aryl methyl sites for hydroxylation is 1. The molecule has 2 heterocycles. The topological polar surface area (TPSA) is 55.1 Å². The van der Waals surface area contributed by atoms with E-state index in [2.05, 4.69) is 20.6 Å². The first-order valence-corrected chi connectivity index (χ1v) is 6.98. The normalized spacial score (nSPS) is 13.3. The maximum absolute atomic E-state index is 13.1. The zero-order valence-electron chi connectivity index (χ0n) is 12.5. The smallest absolute Gasteiger partial charge is 0.362 e. The summed E-state index contributed by atoms with van der Waals surface area (Å²) in [5, 5.41) is 15.1. The minimum atomic E-state index is -4.39. The van der Waals surface area contributed by atoms with Crippen molar-refractivity contribution in [1.82, 2.24) is 19.8 Å². The van der Waals surface area contributed by atoms with E-state index >= 15 is 0 Å². The lowest BCUT2D eigenvalue weighted by atomic mass is 10.0. The highest BCUT2D eigenvalue weighted by atomic mass is 19.4. The number of hydrogen-bond acceptors (Lipinski definition) is 4. The van der Waals surface area contributed by atoms with Crippen molar-refractivity contribution >= 4 is 11.5 Å². The highest BCUT2D eigenvalue weighted by molar-refractivity contribution is 5.46. The van der Waals surface area contributed by atoms with Gasteiger partial charge in [-0.3, -0.25) is 0 Å². The van der Waals surface area contributed by atoms with E-state index in [-0.39, 0.29) is 5.56 Å². The number of nitrogens with one attached hydrogen (secondary N) is 1. The molecule has 5 nitrogen and oxygen atoms in total. The van der Waals surface area contributed by atoms with E-state index in [1.54, 1.807) is 32.0 Å². The lowest BCUT2D eigenvalue weighted by Crippen LogP contribution is -2.16. The molecule has 3 rings (SSSR count). The summed E-state index contributed by atoms with van der Waals surface area (Å²) in [6.45, 7) is 3.41. The molecule has 0 saturated carbocycles. The Morgan fingerprint density at radius 1 is 1.09 bits per heavy atom. The van der Waals surface area contributed by atoms with Gasteiger partial charge in [0.25, 0.3) is 0 Å². The van der Waals surface area contributed by atoms with Gasteiger partial charge in [-0.1, -0.05) is 18.2 Å². The second kappa shape index (κ2) is 5.53. The molecule has 0 fully saturated rings. The average molecular weight is 321 g/mol. The summed E-state index contributed by atoms with van der Waals surface area (Å²) in [5.74, 6) is 1.05. The third-order valence-electron chi connectivity index (χ3n) is 3.52. The van der Waals surface area contributed by atoms with Gasteiger partial charge >= 0.3 is 6.18 Å².